The lowest BCUT2D eigenvalue weighted by Gasteiger charge is -2.17. The summed E-state index contributed by atoms with van der Waals surface area (Å²) in [4.78, 5) is 59.5. The van der Waals surface area contributed by atoms with E-state index >= 15 is 0 Å². The summed E-state index contributed by atoms with van der Waals surface area (Å²) in [6.07, 6.45) is 8.82. The van der Waals surface area contributed by atoms with Crippen LogP contribution < -0.4 is 32.5 Å². The quantitative estimate of drug-likeness (QED) is 0.0704. The van der Waals surface area contributed by atoms with Crippen LogP contribution in [0.2, 0.25) is 0 Å². The predicted molar refractivity (Wildman–Crippen MR) is 224 cm³/mol. The van der Waals surface area contributed by atoms with Gasteiger partial charge in [0.25, 0.3) is 16.8 Å². The standard InChI is InChI=1S/C33H41N7O10.C4H10.2C2H6/c1-20-38-39-31(40(20)2)21-5-9-24(10-6-21)50-18-17-49-16-15-48-14-13-47-12-11-35-33(46)25(19-26(41)42)37-32(45)22-3-7-23(8-4-22)36-28-27(34)29(43)30(28)44;1-3-4-2;2*1-2/h3-5,7-10,21,25,36H,6,11-19,34H2,1-2H3,(H,35,46)(H,37,45)(H,41,42);3-4H2,1-2H3;2*1-2H3/t21?,25-;;;/m0.../s1. The van der Waals surface area contributed by atoms with Crippen molar-refractivity contribution in [3.05, 3.63) is 85.9 Å². The molecule has 0 radical (unpaired) electrons. The smallest absolute Gasteiger partial charge is 0.305 e. The first kappa shape index (κ1) is 50.6. The Kier molecular flexibility index (Phi) is 25.2. The Morgan fingerprint density at radius 2 is 1.48 bits per heavy atom. The van der Waals surface area contributed by atoms with Crippen molar-refractivity contribution in [2.45, 2.75) is 86.1 Å². The minimum atomic E-state index is -1.34. The largest absolute Gasteiger partial charge is 0.492 e. The van der Waals surface area contributed by atoms with Gasteiger partial charge in [0.15, 0.2) is 0 Å². The van der Waals surface area contributed by atoms with E-state index in [1.807, 2.05) is 58.4 Å². The van der Waals surface area contributed by atoms with E-state index in [9.17, 15) is 29.1 Å². The molecule has 3 aromatic rings. The maximum Gasteiger partial charge on any atom is 0.305 e. The number of anilines is 3. The van der Waals surface area contributed by atoms with Crippen molar-refractivity contribution in [1.82, 2.24) is 25.4 Å². The number of benzene rings is 1. The Morgan fingerprint density at radius 1 is 0.897 bits per heavy atom. The van der Waals surface area contributed by atoms with Crippen molar-refractivity contribution in [2.75, 3.05) is 63.8 Å². The number of aromatic nitrogens is 3. The topological polar surface area (TPSA) is 235 Å². The molecule has 17 heteroatoms. The summed E-state index contributed by atoms with van der Waals surface area (Å²) in [5, 5.41) is 25.3. The van der Waals surface area contributed by atoms with Gasteiger partial charge >= 0.3 is 5.97 Å². The number of ether oxygens (including phenoxy) is 4. The Labute approximate surface area is 341 Å². The fraction of sp³-hybridized carbons (Fsp3) is 0.537. The van der Waals surface area contributed by atoms with Crippen LogP contribution in [0, 0.1) is 6.92 Å². The zero-order chi connectivity index (χ0) is 43.5. The third-order valence-electron chi connectivity index (χ3n) is 8.17. The number of nitrogens with one attached hydrogen (secondary N) is 3. The van der Waals surface area contributed by atoms with Crippen molar-refractivity contribution in [3.8, 4) is 0 Å². The van der Waals surface area contributed by atoms with E-state index in [-0.39, 0.29) is 42.6 Å². The zero-order valence-corrected chi connectivity index (χ0v) is 35.2. The van der Waals surface area contributed by atoms with Crippen molar-refractivity contribution >= 4 is 34.8 Å². The van der Waals surface area contributed by atoms with Gasteiger partial charge in [0.2, 0.25) is 5.91 Å². The lowest BCUT2D eigenvalue weighted by molar-refractivity contribution is -0.139. The monoisotopic (exact) mass is 813 g/mol. The van der Waals surface area contributed by atoms with Gasteiger partial charge in [0, 0.05) is 30.8 Å². The van der Waals surface area contributed by atoms with Gasteiger partial charge in [-0.25, -0.2) is 0 Å². The second kappa shape index (κ2) is 28.9. The molecule has 0 fully saturated rings. The normalized spacial score (nSPS) is 13.3. The first-order chi connectivity index (χ1) is 28.0. The highest BCUT2D eigenvalue weighted by atomic mass is 16.6. The maximum atomic E-state index is 12.7. The molecule has 58 heavy (non-hydrogen) atoms. The van der Waals surface area contributed by atoms with Crippen molar-refractivity contribution in [1.29, 1.82) is 0 Å². The van der Waals surface area contributed by atoms with E-state index < -0.39 is 41.1 Å². The maximum absolute atomic E-state index is 12.7. The second-order valence-electron chi connectivity index (χ2n) is 12.2. The van der Waals surface area contributed by atoms with Crippen LogP contribution in [0.5, 0.6) is 0 Å². The molecule has 1 aliphatic rings. The van der Waals surface area contributed by atoms with E-state index in [4.69, 9.17) is 24.7 Å². The van der Waals surface area contributed by atoms with Gasteiger partial charge < -0.3 is 50.3 Å². The number of carboxylic acids is 1. The Hall–Kier alpha value is -5.39. The number of aryl methyl sites for hydroxylation is 1. The third kappa shape index (κ3) is 17.4. The third-order valence-corrected chi connectivity index (χ3v) is 8.17. The van der Waals surface area contributed by atoms with E-state index in [1.165, 1.54) is 37.1 Å². The molecule has 2 aromatic carbocycles. The summed E-state index contributed by atoms with van der Waals surface area (Å²) < 4.78 is 24.2. The van der Waals surface area contributed by atoms with Crippen LogP contribution in [0.1, 0.15) is 95.2 Å². The fourth-order valence-electron chi connectivity index (χ4n) is 4.78. The van der Waals surface area contributed by atoms with Gasteiger partial charge in [0.1, 0.15) is 41.4 Å². The number of amides is 2. The van der Waals surface area contributed by atoms with Crippen molar-refractivity contribution in [2.24, 2.45) is 7.05 Å². The lowest BCUT2D eigenvalue weighted by Crippen LogP contribution is -2.48. The van der Waals surface area contributed by atoms with Gasteiger partial charge in [-0.05, 0) is 49.8 Å². The number of nitrogen functional groups attached to an aromatic ring is 1. The van der Waals surface area contributed by atoms with E-state index in [1.54, 1.807) is 0 Å². The summed E-state index contributed by atoms with van der Waals surface area (Å²) in [5.74, 6) is 0.115. The highest BCUT2D eigenvalue weighted by Gasteiger charge is 2.24. The van der Waals surface area contributed by atoms with Gasteiger partial charge in [-0.2, -0.15) is 0 Å². The molecular formula is C41H63N7O10. The molecule has 1 aliphatic carbocycles. The highest BCUT2D eigenvalue weighted by Crippen LogP contribution is 2.26. The zero-order valence-electron chi connectivity index (χ0n) is 35.2. The molecule has 17 nitrogen and oxygen atoms in total. The highest BCUT2D eigenvalue weighted by molar-refractivity contribution is 5.98. The molecule has 6 N–H and O–H groups in total. The van der Waals surface area contributed by atoms with Crippen LogP contribution in [-0.2, 0) is 35.6 Å². The molecular weight excluding hydrogens is 750 g/mol. The summed E-state index contributed by atoms with van der Waals surface area (Å²) in [6.45, 7) is 16.6. The molecule has 0 aliphatic heterocycles. The molecule has 4 rings (SSSR count). The Morgan fingerprint density at radius 3 is 1.98 bits per heavy atom. The van der Waals surface area contributed by atoms with Crippen LogP contribution in [0.3, 0.4) is 0 Å². The second-order valence-corrected chi connectivity index (χ2v) is 12.2. The Bertz CT molecular complexity index is 1800. The molecule has 0 saturated heterocycles. The van der Waals surface area contributed by atoms with E-state index in [0.717, 1.165) is 23.8 Å². The number of hydrogen-bond acceptors (Lipinski definition) is 13. The Balaban J connectivity index is 0.00000195. The van der Waals surface area contributed by atoms with Crippen LogP contribution in [0.25, 0.3) is 0 Å². The molecule has 1 aromatic heterocycles. The molecule has 322 valence electrons. The molecule has 0 spiro atoms. The van der Waals surface area contributed by atoms with Crippen LogP contribution in [0.4, 0.5) is 17.1 Å². The minimum Gasteiger partial charge on any atom is -0.492 e. The first-order valence-corrected chi connectivity index (χ1v) is 19.8. The van der Waals surface area contributed by atoms with Gasteiger partial charge in [0.05, 0.1) is 46.1 Å². The molecule has 1 unspecified atom stereocenters. The summed E-state index contributed by atoms with van der Waals surface area (Å²) in [5.41, 5.74) is 4.34. The number of rotatable bonds is 22. The van der Waals surface area contributed by atoms with Crippen LogP contribution in [-0.4, -0.2) is 96.5 Å². The molecule has 1 heterocycles. The fourth-order valence-corrected chi connectivity index (χ4v) is 4.78. The average molecular weight is 814 g/mol. The first-order valence-electron chi connectivity index (χ1n) is 19.8. The molecule has 0 saturated carbocycles. The predicted octanol–water partition coefficient (Wildman–Crippen LogP) is 4.29. The average Bonchev–Trinajstić information content (AvgIpc) is 3.59. The van der Waals surface area contributed by atoms with Crippen LogP contribution >= 0.6 is 0 Å². The summed E-state index contributed by atoms with van der Waals surface area (Å²) in [6, 6.07) is 4.40. The molecule has 2 amide bonds. The number of carboxylic acid groups (broad SMARTS) is 1. The number of aliphatic carboxylic acids is 1. The number of hydrogen-bond donors (Lipinski definition) is 5. The summed E-state index contributed by atoms with van der Waals surface area (Å²) in [7, 11) is 1.95. The van der Waals surface area contributed by atoms with Gasteiger partial charge in [-0.15, -0.1) is 10.2 Å². The molecule has 0 bridgehead atoms. The molecule has 2 atom stereocenters. The van der Waals surface area contributed by atoms with Gasteiger partial charge in [-0.3, -0.25) is 24.0 Å². The number of unbranched alkanes of at least 4 members (excludes halogenated alkanes) is 1. The van der Waals surface area contributed by atoms with E-state index in [0.29, 0.717) is 38.7 Å². The van der Waals surface area contributed by atoms with Gasteiger partial charge in [-0.1, -0.05) is 60.5 Å². The number of nitrogens with zero attached hydrogens (tertiary/aromatic N) is 3. The SMILES string of the molecule is CC.CC.CCCC.Cc1nnc(C2C=CC(OCCOCCOCCOCCNC(=O)[C@H](CC(=O)O)NC(=O)c3ccc(Nc4c(N)c(=O)c4=O)cc3)=CC2)n1C. The number of allylic oxidation sites excluding steroid dienone is 3. The number of carbonyl (C=O) groups excluding carboxylic acids is 2. The van der Waals surface area contributed by atoms with Crippen molar-refractivity contribution in [3.63, 3.8) is 0 Å². The number of carbonyl (C=O) groups is 3. The summed E-state index contributed by atoms with van der Waals surface area (Å²) >= 11 is 0. The lowest BCUT2D eigenvalue weighted by atomic mass is 9.99. The minimum absolute atomic E-state index is 0.0274. The number of nitrogens with two attached hydrogens (primary N) is 1. The van der Waals surface area contributed by atoms with E-state index in [2.05, 4.69) is 46.1 Å². The van der Waals surface area contributed by atoms with Crippen molar-refractivity contribution < 1.29 is 38.4 Å². The van der Waals surface area contributed by atoms with Crippen LogP contribution in [0.15, 0.2) is 57.8 Å².